The molecule has 4 fully saturated rings. The summed E-state index contributed by atoms with van der Waals surface area (Å²) in [6.07, 6.45) is 7.85. The molecule has 23 heavy (non-hydrogen) atoms. The van der Waals surface area contributed by atoms with Crippen LogP contribution in [0.2, 0.25) is 5.02 Å². The van der Waals surface area contributed by atoms with Crippen LogP contribution in [0.1, 0.15) is 45.4 Å². The fourth-order valence-electron chi connectivity index (χ4n) is 5.40. The number of carbonyl (C=O) groups is 1. The van der Waals surface area contributed by atoms with E-state index in [-0.39, 0.29) is 16.7 Å². The lowest BCUT2D eigenvalue weighted by Gasteiger charge is -2.57. The molecule has 0 spiro atoms. The van der Waals surface area contributed by atoms with Gasteiger partial charge in [-0.25, -0.2) is 0 Å². The standard InChI is InChI=1S/C19H24ClNOS/c1-12(23-17-4-2-16(20)3-5-17)18(22)21-19-9-13-6-14(10-19)8-15(7-13)11-19/h2-5,12-15H,6-11H2,1H3,(H,21,22)/t12-,13?,14?,15?,19?/m1/s1. The van der Waals surface area contributed by atoms with Crippen molar-refractivity contribution in [2.75, 3.05) is 0 Å². The minimum Gasteiger partial charge on any atom is -0.350 e. The van der Waals surface area contributed by atoms with Gasteiger partial charge in [0.1, 0.15) is 0 Å². The molecule has 0 aromatic heterocycles. The molecule has 1 amide bonds. The first-order chi connectivity index (χ1) is 11.0. The molecule has 124 valence electrons. The van der Waals surface area contributed by atoms with Crippen molar-refractivity contribution in [1.82, 2.24) is 5.32 Å². The first-order valence-corrected chi connectivity index (χ1v) is 10.0. The molecule has 1 N–H and O–H groups in total. The molecule has 4 aliphatic rings. The van der Waals surface area contributed by atoms with Crippen molar-refractivity contribution in [3.63, 3.8) is 0 Å². The lowest BCUT2D eigenvalue weighted by Crippen LogP contribution is -2.60. The van der Waals surface area contributed by atoms with Crippen LogP contribution in [0.4, 0.5) is 0 Å². The van der Waals surface area contributed by atoms with Gasteiger partial charge in [0.05, 0.1) is 5.25 Å². The molecule has 4 heteroatoms. The predicted octanol–water partition coefficient (Wildman–Crippen LogP) is 4.91. The number of halogens is 1. The van der Waals surface area contributed by atoms with E-state index in [4.69, 9.17) is 11.6 Å². The quantitative estimate of drug-likeness (QED) is 0.783. The molecule has 1 aromatic carbocycles. The van der Waals surface area contributed by atoms with E-state index in [1.165, 1.54) is 38.5 Å². The van der Waals surface area contributed by atoms with Crippen LogP contribution in [0.5, 0.6) is 0 Å². The van der Waals surface area contributed by atoms with E-state index in [0.29, 0.717) is 0 Å². The van der Waals surface area contributed by atoms with Crippen LogP contribution in [-0.2, 0) is 4.79 Å². The number of carbonyl (C=O) groups excluding carboxylic acids is 1. The second kappa shape index (κ2) is 6.00. The van der Waals surface area contributed by atoms with Gasteiger partial charge in [-0.3, -0.25) is 4.79 Å². The topological polar surface area (TPSA) is 29.1 Å². The summed E-state index contributed by atoms with van der Waals surface area (Å²) in [4.78, 5) is 13.8. The Kier molecular flexibility index (Phi) is 4.13. The minimum absolute atomic E-state index is 0.0656. The molecular weight excluding hydrogens is 326 g/mol. The van der Waals surface area contributed by atoms with E-state index in [1.807, 2.05) is 31.2 Å². The van der Waals surface area contributed by atoms with Crippen LogP contribution in [0.3, 0.4) is 0 Å². The lowest BCUT2D eigenvalue weighted by atomic mass is 9.53. The third-order valence-corrected chi connectivity index (χ3v) is 7.29. The molecule has 4 aliphatic carbocycles. The van der Waals surface area contributed by atoms with Crippen molar-refractivity contribution in [3.8, 4) is 0 Å². The lowest BCUT2D eigenvalue weighted by molar-refractivity contribution is -0.126. The maximum Gasteiger partial charge on any atom is 0.233 e. The first-order valence-electron chi connectivity index (χ1n) is 8.76. The number of amides is 1. The largest absolute Gasteiger partial charge is 0.350 e. The van der Waals surface area contributed by atoms with Crippen molar-refractivity contribution in [2.45, 2.75) is 61.1 Å². The molecule has 4 bridgehead atoms. The van der Waals surface area contributed by atoms with E-state index < -0.39 is 0 Å². The molecule has 0 unspecified atom stereocenters. The van der Waals surface area contributed by atoms with Crippen molar-refractivity contribution in [1.29, 1.82) is 0 Å². The van der Waals surface area contributed by atoms with Crippen LogP contribution in [0, 0.1) is 17.8 Å². The Hall–Kier alpha value is -0.670. The van der Waals surface area contributed by atoms with Gasteiger partial charge in [-0.2, -0.15) is 0 Å². The molecule has 1 atom stereocenters. The van der Waals surface area contributed by atoms with Crippen LogP contribution in [0.25, 0.3) is 0 Å². The maximum absolute atomic E-state index is 12.7. The Labute approximate surface area is 147 Å². The smallest absolute Gasteiger partial charge is 0.233 e. The van der Waals surface area contributed by atoms with Gasteiger partial charge in [-0.05, 0) is 87.5 Å². The van der Waals surface area contributed by atoms with Crippen molar-refractivity contribution < 1.29 is 4.79 Å². The average Bonchev–Trinajstić information content (AvgIpc) is 2.47. The summed E-state index contributed by atoms with van der Waals surface area (Å²) in [6, 6.07) is 7.74. The maximum atomic E-state index is 12.7. The third kappa shape index (κ3) is 3.28. The summed E-state index contributed by atoms with van der Waals surface area (Å²) in [5.41, 5.74) is 0.112. The van der Waals surface area contributed by atoms with E-state index >= 15 is 0 Å². The Morgan fingerprint density at radius 3 is 2.17 bits per heavy atom. The van der Waals surface area contributed by atoms with Gasteiger partial charge in [-0.15, -0.1) is 11.8 Å². The first kappa shape index (κ1) is 15.8. The van der Waals surface area contributed by atoms with Crippen LogP contribution in [0.15, 0.2) is 29.2 Å². The van der Waals surface area contributed by atoms with Gasteiger partial charge >= 0.3 is 0 Å². The zero-order chi connectivity index (χ0) is 16.0. The van der Waals surface area contributed by atoms with Gasteiger partial charge in [0.25, 0.3) is 0 Å². The zero-order valence-electron chi connectivity index (χ0n) is 13.6. The summed E-state index contributed by atoms with van der Waals surface area (Å²) < 4.78 is 0. The Balaban J connectivity index is 1.40. The van der Waals surface area contributed by atoms with Crippen molar-refractivity contribution in [3.05, 3.63) is 29.3 Å². The van der Waals surface area contributed by atoms with Crippen LogP contribution < -0.4 is 5.32 Å². The SMILES string of the molecule is C[C@@H](Sc1ccc(Cl)cc1)C(=O)NC12CC3CC(CC(C3)C1)C2. The van der Waals surface area contributed by atoms with Crippen LogP contribution in [-0.4, -0.2) is 16.7 Å². The normalized spacial score (nSPS) is 36.0. The molecule has 1 aromatic rings. The molecule has 0 heterocycles. The number of thioether (sulfide) groups is 1. The Morgan fingerprint density at radius 1 is 1.13 bits per heavy atom. The molecule has 0 saturated heterocycles. The van der Waals surface area contributed by atoms with Gasteiger partial charge in [-0.1, -0.05) is 11.6 Å². The Morgan fingerprint density at radius 2 is 1.65 bits per heavy atom. The molecule has 0 radical (unpaired) electrons. The average molecular weight is 350 g/mol. The van der Waals surface area contributed by atoms with Crippen molar-refractivity contribution >= 4 is 29.3 Å². The fourth-order valence-corrected chi connectivity index (χ4v) is 6.39. The van der Waals surface area contributed by atoms with E-state index in [9.17, 15) is 4.79 Å². The molecule has 5 rings (SSSR count). The highest BCUT2D eigenvalue weighted by molar-refractivity contribution is 8.00. The Bertz CT molecular complexity index is 565. The van der Waals surface area contributed by atoms with Gasteiger partial charge in [0.15, 0.2) is 0 Å². The van der Waals surface area contributed by atoms with E-state index in [2.05, 4.69) is 5.32 Å². The molecule has 0 aliphatic heterocycles. The van der Waals surface area contributed by atoms with E-state index in [0.717, 1.165) is 27.7 Å². The van der Waals surface area contributed by atoms with Crippen molar-refractivity contribution in [2.24, 2.45) is 17.8 Å². The third-order valence-electron chi connectivity index (χ3n) is 5.92. The number of hydrogen-bond donors (Lipinski definition) is 1. The number of benzene rings is 1. The number of hydrogen-bond acceptors (Lipinski definition) is 2. The molecule has 2 nitrogen and oxygen atoms in total. The van der Waals surface area contributed by atoms with Gasteiger partial charge < -0.3 is 5.32 Å². The second-order valence-corrected chi connectivity index (χ2v) is 9.75. The number of nitrogens with one attached hydrogen (secondary N) is 1. The summed E-state index contributed by atoms with van der Waals surface area (Å²) in [7, 11) is 0. The summed E-state index contributed by atoms with van der Waals surface area (Å²) in [5.74, 6) is 2.79. The number of rotatable bonds is 4. The summed E-state index contributed by atoms with van der Waals surface area (Å²) in [6.45, 7) is 2.01. The predicted molar refractivity (Wildman–Crippen MR) is 95.8 cm³/mol. The molecule has 4 saturated carbocycles. The second-order valence-electron chi connectivity index (χ2n) is 7.90. The highest BCUT2D eigenvalue weighted by Gasteiger charge is 2.51. The van der Waals surface area contributed by atoms with Gasteiger partial charge in [0.2, 0.25) is 5.91 Å². The monoisotopic (exact) mass is 349 g/mol. The highest BCUT2D eigenvalue weighted by Crippen LogP contribution is 2.55. The molecular formula is C19H24ClNOS. The minimum atomic E-state index is -0.0656. The van der Waals surface area contributed by atoms with Crippen LogP contribution >= 0.6 is 23.4 Å². The van der Waals surface area contributed by atoms with Gasteiger partial charge in [0, 0.05) is 15.5 Å². The summed E-state index contributed by atoms with van der Waals surface area (Å²) >= 11 is 7.54. The zero-order valence-corrected chi connectivity index (χ0v) is 15.1. The van der Waals surface area contributed by atoms with E-state index in [1.54, 1.807) is 11.8 Å². The summed E-state index contributed by atoms with van der Waals surface area (Å²) in [5, 5.41) is 4.14. The fraction of sp³-hybridized carbons (Fsp3) is 0.632. The highest BCUT2D eigenvalue weighted by atomic mass is 35.5.